The van der Waals surface area contributed by atoms with Gasteiger partial charge in [-0.1, -0.05) is 12.2 Å². The van der Waals surface area contributed by atoms with Gasteiger partial charge in [-0.2, -0.15) is 0 Å². The number of aromatic nitrogens is 2. The lowest BCUT2D eigenvalue weighted by atomic mass is 9.97. The van der Waals surface area contributed by atoms with Crippen molar-refractivity contribution < 1.29 is 23.7 Å². The van der Waals surface area contributed by atoms with Crippen molar-refractivity contribution in [2.75, 3.05) is 6.61 Å². The Labute approximate surface area is 117 Å². The SMILES string of the molecule is CC1(F)[C@@H](O)[C@@](F)(CO)O[C@H]1n1ccc(=S)[nH]c1=S. The summed E-state index contributed by atoms with van der Waals surface area (Å²) in [5.41, 5.74) is -2.47. The summed E-state index contributed by atoms with van der Waals surface area (Å²) >= 11 is 9.80. The lowest BCUT2D eigenvalue weighted by Gasteiger charge is -2.25. The topological polar surface area (TPSA) is 70.4 Å². The Morgan fingerprint density at radius 2 is 2.16 bits per heavy atom. The number of ether oxygens (including phenoxy) is 1. The average Bonchev–Trinajstić information content (AvgIpc) is 2.51. The fourth-order valence-corrected chi connectivity index (χ4v) is 2.47. The van der Waals surface area contributed by atoms with Gasteiger partial charge in [0, 0.05) is 6.20 Å². The number of H-pyrrole nitrogens is 1. The monoisotopic (exact) mass is 310 g/mol. The summed E-state index contributed by atoms with van der Waals surface area (Å²) in [4.78, 5) is 2.59. The van der Waals surface area contributed by atoms with Crippen LogP contribution >= 0.6 is 24.4 Å². The van der Waals surface area contributed by atoms with E-state index in [1.807, 2.05) is 0 Å². The van der Waals surface area contributed by atoms with Crippen LogP contribution in [0.4, 0.5) is 8.78 Å². The lowest BCUT2D eigenvalue weighted by molar-refractivity contribution is -0.207. The summed E-state index contributed by atoms with van der Waals surface area (Å²) in [5, 5.41) is 18.6. The molecule has 0 aromatic carbocycles. The smallest absolute Gasteiger partial charge is 0.263 e. The van der Waals surface area contributed by atoms with Crippen LogP contribution in [0.3, 0.4) is 0 Å². The highest BCUT2D eigenvalue weighted by Crippen LogP contribution is 2.47. The molecule has 0 bridgehead atoms. The summed E-state index contributed by atoms with van der Waals surface area (Å²) in [7, 11) is 0. The first-order valence-corrected chi connectivity index (χ1v) is 6.20. The molecule has 4 atom stereocenters. The summed E-state index contributed by atoms with van der Waals surface area (Å²) in [5.74, 6) is -2.88. The largest absolute Gasteiger partial charge is 0.390 e. The molecule has 1 aliphatic rings. The first-order valence-electron chi connectivity index (χ1n) is 5.38. The second-order valence-electron chi connectivity index (χ2n) is 4.49. The number of nitrogens with one attached hydrogen (secondary N) is 1. The predicted octanol–water partition coefficient (Wildman–Crippen LogP) is 1.55. The molecule has 0 amide bonds. The van der Waals surface area contributed by atoms with Crippen LogP contribution in [0.25, 0.3) is 0 Å². The molecule has 3 N–H and O–H groups in total. The van der Waals surface area contributed by atoms with Crippen LogP contribution in [0, 0.1) is 9.41 Å². The van der Waals surface area contributed by atoms with Crippen LogP contribution in [-0.2, 0) is 4.74 Å². The fourth-order valence-electron chi connectivity index (χ4n) is 1.99. The molecule has 1 fully saturated rings. The first-order chi connectivity index (χ1) is 8.72. The Balaban J connectivity index is 2.51. The Hall–Kier alpha value is -0.740. The van der Waals surface area contributed by atoms with E-state index in [0.29, 0.717) is 4.64 Å². The van der Waals surface area contributed by atoms with Crippen molar-refractivity contribution in [3.05, 3.63) is 21.7 Å². The highest BCUT2D eigenvalue weighted by Gasteiger charge is 2.64. The molecule has 0 spiro atoms. The zero-order valence-electron chi connectivity index (χ0n) is 9.84. The maximum atomic E-state index is 14.5. The van der Waals surface area contributed by atoms with Gasteiger partial charge in [0.1, 0.15) is 11.2 Å². The molecular weight excluding hydrogens is 298 g/mol. The number of aliphatic hydroxyl groups excluding tert-OH is 2. The number of hydrogen-bond donors (Lipinski definition) is 3. The van der Waals surface area contributed by atoms with Gasteiger partial charge in [-0.05, 0) is 25.2 Å². The lowest BCUT2D eigenvalue weighted by Crippen LogP contribution is -2.46. The minimum absolute atomic E-state index is 0.0239. The number of rotatable bonds is 2. The van der Waals surface area contributed by atoms with Crippen molar-refractivity contribution >= 4 is 24.4 Å². The van der Waals surface area contributed by atoms with Crippen molar-refractivity contribution in [1.82, 2.24) is 9.55 Å². The van der Waals surface area contributed by atoms with Gasteiger partial charge in [0.2, 0.25) is 0 Å². The third-order valence-corrected chi connectivity index (χ3v) is 3.60. The van der Waals surface area contributed by atoms with Crippen LogP contribution in [0.1, 0.15) is 13.2 Å². The molecule has 1 aromatic rings. The van der Waals surface area contributed by atoms with Crippen molar-refractivity contribution in [3.8, 4) is 0 Å². The molecular formula is C10H12F2N2O3S2. The quantitative estimate of drug-likeness (QED) is 0.723. The van der Waals surface area contributed by atoms with E-state index < -0.39 is 30.5 Å². The molecule has 0 radical (unpaired) electrons. The van der Waals surface area contributed by atoms with Gasteiger partial charge in [0.05, 0.1) is 0 Å². The number of nitrogens with zero attached hydrogens (tertiary/aromatic N) is 1. The van der Waals surface area contributed by atoms with Crippen molar-refractivity contribution in [1.29, 1.82) is 0 Å². The Morgan fingerprint density at radius 3 is 2.63 bits per heavy atom. The standard InChI is InChI=1S/C10H12F2N2O3S2/c1-9(11)6(16)10(12,4-15)17-7(9)14-3-2-5(18)13-8(14)19/h2-3,6-7,15-16H,4H2,1H3,(H,13,18,19)/t6-,7-,9?,10-/m1/s1. The zero-order valence-corrected chi connectivity index (χ0v) is 11.5. The molecule has 5 nitrogen and oxygen atoms in total. The van der Waals surface area contributed by atoms with Gasteiger partial charge in [0.25, 0.3) is 5.85 Å². The number of aliphatic hydroxyl groups is 2. The number of hydrogen-bond acceptors (Lipinski definition) is 5. The van der Waals surface area contributed by atoms with E-state index in [1.165, 1.54) is 12.3 Å². The summed E-state index contributed by atoms with van der Waals surface area (Å²) < 4.78 is 34.8. The van der Waals surface area contributed by atoms with E-state index in [2.05, 4.69) is 4.98 Å². The van der Waals surface area contributed by atoms with Crippen LogP contribution in [0.5, 0.6) is 0 Å². The molecule has 19 heavy (non-hydrogen) atoms. The summed E-state index contributed by atoms with van der Waals surface area (Å²) in [6, 6.07) is 1.42. The summed E-state index contributed by atoms with van der Waals surface area (Å²) in [6.07, 6.45) is -2.32. The van der Waals surface area contributed by atoms with E-state index in [4.69, 9.17) is 34.3 Å². The van der Waals surface area contributed by atoms with Crippen LogP contribution in [0.2, 0.25) is 0 Å². The Bertz CT molecular complexity index is 603. The number of alkyl halides is 2. The maximum Gasteiger partial charge on any atom is 0.263 e. The summed E-state index contributed by atoms with van der Waals surface area (Å²) in [6.45, 7) is -0.191. The molecule has 1 aromatic heterocycles. The first kappa shape index (κ1) is 14.7. The molecule has 9 heteroatoms. The highest BCUT2D eigenvalue weighted by molar-refractivity contribution is 7.72. The molecule has 1 unspecified atom stereocenters. The molecule has 2 heterocycles. The van der Waals surface area contributed by atoms with Crippen LogP contribution in [0.15, 0.2) is 12.3 Å². The minimum Gasteiger partial charge on any atom is -0.390 e. The minimum atomic E-state index is -2.88. The molecule has 0 aliphatic carbocycles. The second kappa shape index (κ2) is 4.67. The van der Waals surface area contributed by atoms with Crippen molar-refractivity contribution in [3.63, 3.8) is 0 Å². The van der Waals surface area contributed by atoms with Gasteiger partial charge in [-0.3, -0.25) is 4.57 Å². The van der Waals surface area contributed by atoms with Gasteiger partial charge in [-0.15, -0.1) is 0 Å². The van der Waals surface area contributed by atoms with E-state index >= 15 is 0 Å². The second-order valence-corrected chi connectivity index (χ2v) is 5.31. The van der Waals surface area contributed by atoms with E-state index in [1.54, 1.807) is 0 Å². The van der Waals surface area contributed by atoms with E-state index in [0.717, 1.165) is 11.5 Å². The van der Waals surface area contributed by atoms with Crippen LogP contribution in [-0.4, -0.2) is 44.0 Å². The Morgan fingerprint density at radius 1 is 1.53 bits per heavy atom. The normalized spacial score (nSPS) is 38.6. The molecule has 1 aliphatic heterocycles. The zero-order chi connectivity index (χ0) is 14.4. The van der Waals surface area contributed by atoms with Gasteiger partial charge >= 0.3 is 0 Å². The average molecular weight is 310 g/mol. The molecule has 0 saturated carbocycles. The van der Waals surface area contributed by atoms with E-state index in [9.17, 15) is 13.9 Å². The highest BCUT2D eigenvalue weighted by atomic mass is 32.1. The fraction of sp³-hybridized carbons (Fsp3) is 0.600. The van der Waals surface area contributed by atoms with E-state index in [-0.39, 0.29) is 4.77 Å². The van der Waals surface area contributed by atoms with Crippen LogP contribution < -0.4 is 0 Å². The number of halogens is 2. The maximum absolute atomic E-state index is 14.5. The van der Waals surface area contributed by atoms with Gasteiger partial charge in [-0.25, -0.2) is 8.78 Å². The third kappa shape index (κ3) is 2.25. The molecule has 106 valence electrons. The number of aromatic amines is 1. The van der Waals surface area contributed by atoms with Crippen molar-refractivity contribution in [2.24, 2.45) is 0 Å². The van der Waals surface area contributed by atoms with Crippen molar-refractivity contribution in [2.45, 2.75) is 30.8 Å². The molecule has 2 rings (SSSR count). The third-order valence-electron chi connectivity index (χ3n) is 3.05. The Kier molecular flexibility index (Phi) is 3.60. The van der Waals surface area contributed by atoms with Gasteiger partial charge in [0.15, 0.2) is 22.8 Å². The van der Waals surface area contributed by atoms with Gasteiger partial charge < -0.3 is 19.9 Å². The predicted molar refractivity (Wildman–Crippen MR) is 67.0 cm³/mol. The molecule has 1 saturated heterocycles.